The minimum atomic E-state index is -4.56. The molecule has 0 saturated heterocycles. The van der Waals surface area contributed by atoms with Crippen LogP contribution in [0.5, 0.6) is 0 Å². The molecule has 0 aliphatic carbocycles. The highest BCUT2D eigenvalue weighted by atomic mass is 35.5. The quantitative estimate of drug-likeness (QED) is 0.288. The van der Waals surface area contributed by atoms with Crippen molar-refractivity contribution in [2.75, 3.05) is 11.9 Å². The second-order valence-corrected chi connectivity index (χ2v) is 8.24. The minimum Gasteiger partial charge on any atom is -0.452 e. The van der Waals surface area contributed by atoms with E-state index in [1.807, 2.05) is 0 Å². The topological polar surface area (TPSA) is 68.3 Å². The molecule has 0 radical (unpaired) electrons. The van der Waals surface area contributed by atoms with Crippen molar-refractivity contribution in [2.24, 2.45) is 0 Å². The molecule has 0 atom stereocenters. The maximum absolute atomic E-state index is 12.9. The van der Waals surface area contributed by atoms with Crippen molar-refractivity contribution in [3.8, 4) is 11.3 Å². The zero-order valence-electron chi connectivity index (χ0n) is 17.7. The monoisotopic (exact) mass is 518 g/mol. The predicted molar refractivity (Wildman–Crippen MR) is 128 cm³/mol. The van der Waals surface area contributed by atoms with E-state index in [0.29, 0.717) is 32.2 Å². The molecule has 1 amide bonds. The number of aromatic nitrogens is 1. The van der Waals surface area contributed by atoms with E-state index in [-0.39, 0.29) is 11.3 Å². The molecule has 0 fully saturated rings. The fourth-order valence-corrected chi connectivity index (χ4v) is 3.86. The van der Waals surface area contributed by atoms with Crippen LogP contribution in [0.2, 0.25) is 10.0 Å². The van der Waals surface area contributed by atoms with Crippen LogP contribution < -0.4 is 5.32 Å². The van der Waals surface area contributed by atoms with Gasteiger partial charge in [0.15, 0.2) is 6.61 Å². The summed E-state index contributed by atoms with van der Waals surface area (Å²) in [4.78, 5) is 29.7. The smallest absolute Gasteiger partial charge is 0.416 e. The molecule has 0 unspecified atom stereocenters. The molecule has 0 aliphatic heterocycles. The average molecular weight is 519 g/mol. The summed E-state index contributed by atoms with van der Waals surface area (Å²) in [6.45, 7) is -0.706. The first kappa shape index (κ1) is 24.5. The van der Waals surface area contributed by atoms with Gasteiger partial charge in [-0.25, -0.2) is 9.78 Å². The molecule has 3 aromatic carbocycles. The minimum absolute atomic E-state index is 0.0742. The molecule has 0 saturated carbocycles. The van der Waals surface area contributed by atoms with Gasteiger partial charge in [0.05, 0.1) is 27.4 Å². The molecule has 0 spiro atoms. The van der Waals surface area contributed by atoms with Crippen molar-refractivity contribution in [1.29, 1.82) is 0 Å². The third-order valence-electron chi connectivity index (χ3n) is 4.95. The van der Waals surface area contributed by atoms with E-state index in [0.717, 1.165) is 18.2 Å². The summed E-state index contributed by atoms with van der Waals surface area (Å²) >= 11 is 12.3. The van der Waals surface area contributed by atoms with Crippen LogP contribution in [0, 0.1) is 0 Å². The largest absolute Gasteiger partial charge is 0.452 e. The second kappa shape index (κ2) is 9.93. The summed E-state index contributed by atoms with van der Waals surface area (Å²) in [5, 5.41) is 3.55. The molecule has 178 valence electrons. The van der Waals surface area contributed by atoms with E-state index in [1.165, 1.54) is 12.1 Å². The molecule has 4 rings (SSSR count). The average Bonchev–Trinajstić information content (AvgIpc) is 2.81. The zero-order valence-corrected chi connectivity index (χ0v) is 19.2. The van der Waals surface area contributed by atoms with Gasteiger partial charge < -0.3 is 10.1 Å². The van der Waals surface area contributed by atoms with Gasteiger partial charge in [-0.15, -0.1) is 0 Å². The lowest BCUT2D eigenvalue weighted by Gasteiger charge is -2.12. The summed E-state index contributed by atoms with van der Waals surface area (Å²) in [6.07, 6.45) is -4.56. The van der Waals surface area contributed by atoms with Crippen molar-refractivity contribution in [3.63, 3.8) is 0 Å². The first-order valence-corrected chi connectivity index (χ1v) is 10.9. The molecule has 0 aliphatic rings. The highest BCUT2D eigenvalue weighted by Crippen LogP contribution is 2.32. The summed E-state index contributed by atoms with van der Waals surface area (Å²) in [5.41, 5.74) is 0.586. The van der Waals surface area contributed by atoms with Crippen LogP contribution >= 0.6 is 23.2 Å². The van der Waals surface area contributed by atoms with Crippen molar-refractivity contribution >= 4 is 51.7 Å². The number of carbonyl (C=O) groups excluding carboxylic acids is 2. The third-order valence-corrected chi connectivity index (χ3v) is 5.50. The Kier molecular flexibility index (Phi) is 6.95. The Hall–Kier alpha value is -3.62. The SMILES string of the molecule is O=C(COC(=O)c1cc(-c2ccc(Cl)cc2Cl)nc2ccccc12)Nc1cccc(C(F)(F)F)c1. The Morgan fingerprint density at radius 3 is 2.46 bits per heavy atom. The molecule has 35 heavy (non-hydrogen) atoms. The summed E-state index contributed by atoms with van der Waals surface area (Å²) in [5.74, 6) is -1.61. The molecular formula is C25H15Cl2F3N2O3. The van der Waals surface area contributed by atoms with Crippen LogP contribution in [0.15, 0.2) is 72.8 Å². The zero-order chi connectivity index (χ0) is 25.2. The fourth-order valence-electron chi connectivity index (χ4n) is 3.36. The molecule has 4 aromatic rings. The molecule has 1 heterocycles. The van der Waals surface area contributed by atoms with Gasteiger partial charge in [0.2, 0.25) is 0 Å². The lowest BCUT2D eigenvalue weighted by molar-refractivity contribution is -0.137. The number of benzene rings is 3. The van der Waals surface area contributed by atoms with E-state index in [1.54, 1.807) is 42.5 Å². The van der Waals surface area contributed by atoms with Crippen molar-refractivity contribution in [1.82, 2.24) is 4.98 Å². The summed E-state index contributed by atoms with van der Waals surface area (Å²) in [6, 6.07) is 17.3. The van der Waals surface area contributed by atoms with Crippen LogP contribution in [0.1, 0.15) is 15.9 Å². The number of nitrogens with one attached hydrogen (secondary N) is 1. The lowest BCUT2D eigenvalue weighted by atomic mass is 10.0. The van der Waals surface area contributed by atoms with E-state index in [9.17, 15) is 22.8 Å². The van der Waals surface area contributed by atoms with E-state index in [2.05, 4.69) is 10.3 Å². The standard InChI is InChI=1S/C25H15Cl2F3N2O3/c26-15-8-9-18(20(27)11-15)22-12-19(17-6-1-2-7-21(17)32-22)24(34)35-13-23(33)31-16-5-3-4-14(10-16)25(28,29)30/h1-12H,13H2,(H,31,33). The number of fused-ring (bicyclic) bond motifs is 1. The van der Waals surface area contributed by atoms with Gasteiger partial charge in [0.1, 0.15) is 0 Å². The third kappa shape index (κ3) is 5.72. The Morgan fingerprint density at radius 1 is 0.943 bits per heavy atom. The van der Waals surface area contributed by atoms with Crippen LogP contribution in [-0.4, -0.2) is 23.5 Å². The number of ether oxygens (including phenoxy) is 1. The van der Waals surface area contributed by atoms with Gasteiger partial charge >= 0.3 is 12.1 Å². The number of hydrogen-bond donors (Lipinski definition) is 1. The Labute approximate surface area is 207 Å². The fraction of sp³-hybridized carbons (Fsp3) is 0.0800. The Bertz CT molecular complexity index is 1440. The molecular weight excluding hydrogens is 504 g/mol. The van der Waals surface area contributed by atoms with Crippen molar-refractivity contribution < 1.29 is 27.5 Å². The molecule has 0 bridgehead atoms. The van der Waals surface area contributed by atoms with Gasteiger partial charge in [-0.2, -0.15) is 13.2 Å². The number of esters is 1. The molecule has 1 N–H and O–H groups in total. The number of alkyl halides is 3. The number of hydrogen-bond acceptors (Lipinski definition) is 4. The number of rotatable bonds is 5. The maximum Gasteiger partial charge on any atom is 0.416 e. The maximum atomic E-state index is 12.9. The van der Waals surface area contributed by atoms with Crippen LogP contribution in [0.25, 0.3) is 22.2 Å². The van der Waals surface area contributed by atoms with E-state index < -0.39 is 30.2 Å². The molecule has 10 heteroatoms. The van der Waals surface area contributed by atoms with Crippen molar-refractivity contribution in [2.45, 2.75) is 6.18 Å². The summed E-state index contributed by atoms with van der Waals surface area (Å²) in [7, 11) is 0. The van der Waals surface area contributed by atoms with Crippen LogP contribution in [0.4, 0.5) is 18.9 Å². The van der Waals surface area contributed by atoms with Crippen LogP contribution in [0.3, 0.4) is 0 Å². The van der Waals surface area contributed by atoms with Gasteiger partial charge in [0.25, 0.3) is 5.91 Å². The highest BCUT2D eigenvalue weighted by Gasteiger charge is 2.30. The van der Waals surface area contributed by atoms with Gasteiger partial charge in [-0.1, -0.05) is 47.5 Å². The van der Waals surface area contributed by atoms with E-state index in [4.69, 9.17) is 27.9 Å². The van der Waals surface area contributed by atoms with E-state index >= 15 is 0 Å². The lowest BCUT2D eigenvalue weighted by Crippen LogP contribution is -2.21. The van der Waals surface area contributed by atoms with Gasteiger partial charge in [-0.05, 0) is 48.5 Å². The Morgan fingerprint density at radius 2 is 1.71 bits per heavy atom. The summed E-state index contributed by atoms with van der Waals surface area (Å²) < 4.78 is 43.8. The number of halogens is 5. The van der Waals surface area contributed by atoms with Gasteiger partial charge in [-0.3, -0.25) is 4.79 Å². The number of carbonyl (C=O) groups is 2. The highest BCUT2D eigenvalue weighted by molar-refractivity contribution is 6.36. The molecule has 5 nitrogen and oxygen atoms in total. The number of para-hydroxylation sites is 1. The normalized spacial score (nSPS) is 11.3. The Balaban J connectivity index is 1.55. The number of anilines is 1. The number of nitrogens with zero attached hydrogens (tertiary/aromatic N) is 1. The predicted octanol–water partition coefficient (Wildman–Crippen LogP) is 7.02. The van der Waals surface area contributed by atoms with Crippen molar-refractivity contribution in [3.05, 3.63) is 94.0 Å². The molecule has 1 aromatic heterocycles. The first-order chi connectivity index (χ1) is 16.6. The second-order valence-electron chi connectivity index (χ2n) is 7.40. The van der Waals surface area contributed by atoms with Gasteiger partial charge in [0, 0.05) is 21.7 Å². The van der Waals surface area contributed by atoms with Crippen LogP contribution in [-0.2, 0) is 15.7 Å². The first-order valence-electron chi connectivity index (χ1n) is 10.1. The number of amides is 1. The number of pyridine rings is 1.